The highest BCUT2D eigenvalue weighted by atomic mass is 16.2. The van der Waals surface area contributed by atoms with Crippen LogP contribution < -0.4 is 10.6 Å². The number of hydrogen-bond acceptors (Lipinski definition) is 5. The number of carbonyl (C=O) groups excluding carboxylic acids is 2. The van der Waals surface area contributed by atoms with Crippen molar-refractivity contribution in [2.75, 3.05) is 10.6 Å². The summed E-state index contributed by atoms with van der Waals surface area (Å²) in [6, 6.07) is 8.78. The van der Waals surface area contributed by atoms with Crippen LogP contribution in [-0.2, 0) is 0 Å². The fourth-order valence-electron chi connectivity index (χ4n) is 3.36. The van der Waals surface area contributed by atoms with Crippen LogP contribution >= 0.6 is 0 Å². The van der Waals surface area contributed by atoms with E-state index in [1.807, 2.05) is 27.7 Å². The highest BCUT2D eigenvalue weighted by molar-refractivity contribution is 6.08. The standard InChI is InChI=1S/C21H24N8O2/c1-12(2)28-17(7-9-22-28)20(30)24-14-5-6-16-15(11-14)19(27-26-16)25-21(31)18-8-10-23-29(18)13(3)4/h5-13H,1-4H3,(H,24,30)(H2,25,26,27,31). The number of hydrogen-bond donors (Lipinski definition) is 3. The molecule has 0 saturated heterocycles. The fraction of sp³-hybridized carbons (Fsp3) is 0.286. The van der Waals surface area contributed by atoms with E-state index < -0.39 is 0 Å². The van der Waals surface area contributed by atoms with Crippen molar-refractivity contribution in [1.82, 2.24) is 29.8 Å². The Morgan fingerprint density at radius 1 is 0.871 bits per heavy atom. The summed E-state index contributed by atoms with van der Waals surface area (Å²) in [5, 5.41) is 21.9. The molecule has 0 bridgehead atoms. The Morgan fingerprint density at radius 3 is 2.03 bits per heavy atom. The number of nitrogens with one attached hydrogen (secondary N) is 3. The molecule has 31 heavy (non-hydrogen) atoms. The van der Waals surface area contributed by atoms with E-state index in [0.29, 0.717) is 28.3 Å². The Kier molecular flexibility index (Phi) is 5.28. The molecule has 0 atom stereocenters. The van der Waals surface area contributed by atoms with Crippen molar-refractivity contribution < 1.29 is 9.59 Å². The van der Waals surface area contributed by atoms with Crippen LogP contribution in [0.5, 0.6) is 0 Å². The van der Waals surface area contributed by atoms with Crippen LogP contribution in [0.4, 0.5) is 11.5 Å². The zero-order valence-corrected chi connectivity index (χ0v) is 17.7. The highest BCUT2D eigenvalue weighted by Crippen LogP contribution is 2.25. The summed E-state index contributed by atoms with van der Waals surface area (Å²) in [5.74, 6) is -0.199. The molecule has 0 unspecified atom stereocenters. The van der Waals surface area contributed by atoms with Gasteiger partial charge in [-0.15, -0.1) is 0 Å². The van der Waals surface area contributed by atoms with Gasteiger partial charge in [0.2, 0.25) is 0 Å². The summed E-state index contributed by atoms with van der Waals surface area (Å²) < 4.78 is 3.31. The van der Waals surface area contributed by atoms with Gasteiger partial charge >= 0.3 is 0 Å². The van der Waals surface area contributed by atoms with Crippen LogP contribution in [0.2, 0.25) is 0 Å². The minimum atomic E-state index is -0.310. The van der Waals surface area contributed by atoms with Crippen molar-refractivity contribution in [3.8, 4) is 0 Å². The maximum Gasteiger partial charge on any atom is 0.275 e. The van der Waals surface area contributed by atoms with Crippen molar-refractivity contribution in [1.29, 1.82) is 0 Å². The van der Waals surface area contributed by atoms with Crippen molar-refractivity contribution >= 4 is 34.2 Å². The smallest absolute Gasteiger partial charge is 0.275 e. The zero-order chi connectivity index (χ0) is 22.1. The minimum absolute atomic E-state index is 0.0489. The number of fused-ring (bicyclic) bond motifs is 1. The van der Waals surface area contributed by atoms with E-state index in [2.05, 4.69) is 31.0 Å². The van der Waals surface area contributed by atoms with E-state index in [9.17, 15) is 9.59 Å². The first kappa shape index (κ1) is 20.3. The number of anilines is 2. The number of rotatable bonds is 6. The molecule has 0 saturated carbocycles. The van der Waals surface area contributed by atoms with Gasteiger partial charge in [-0.3, -0.25) is 24.1 Å². The molecule has 0 aliphatic rings. The molecule has 1 aromatic carbocycles. The molecule has 160 valence electrons. The van der Waals surface area contributed by atoms with Crippen molar-refractivity contribution in [3.05, 3.63) is 54.1 Å². The number of aromatic amines is 1. The molecule has 10 nitrogen and oxygen atoms in total. The molecule has 4 rings (SSSR count). The zero-order valence-electron chi connectivity index (χ0n) is 17.7. The third kappa shape index (κ3) is 3.91. The topological polar surface area (TPSA) is 123 Å². The second-order valence-corrected chi connectivity index (χ2v) is 7.75. The van der Waals surface area contributed by atoms with Crippen molar-refractivity contribution in [2.45, 2.75) is 39.8 Å². The monoisotopic (exact) mass is 420 g/mol. The maximum atomic E-state index is 12.8. The van der Waals surface area contributed by atoms with Crippen LogP contribution in [0.3, 0.4) is 0 Å². The lowest BCUT2D eigenvalue weighted by atomic mass is 10.2. The van der Waals surface area contributed by atoms with E-state index in [1.54, 1.807) is 52.1 Å². The number of benzene rings is 1. The van der Waals surface area contributed by atoms with E-state index in [1.165, 1.54) is 0 Å². The molecular weight excluding hydrogens is 396 g/mol. The van der Waals surface area contributed by atoms with Gasteiger partial charge in [0.15, 0.2) is 5.82 Å². The van der Waals surface area contributed by atoms with Gasteiger partial charge in [-0.25, -0.2) is 0 Å². The second-order valence-electron chi connectivity index (χ2n) is 7.75. The summed E-state index contributed by atoms with van der Waals surface area (Å²) in [5.41, 5.74) is 2.23. The Morgan fingerprint density at radius 2 is 1.45 bits per heavy atom. The third-order valence-electron chi connectivity index (χ3n) is 4.84. The first-order valence-corrected chi connectivity index (χ1v) is 10.0. The normalized spacial score (nSPS) is 11.4. The van der Waals surface area contributed by atoms with Crippen LogP contribution in [0.15, 0.2) is 42.7 Å². The summed E-state index contributed by atoms with van der Waals surface area (Å²) in [4.78, 5) is 25.5. The number of amides is 2. The minimum Gasteiger partial charge on any atom is -0.321 e. The molecule has 0 aliphatic heterocycles. The lowest BCUT2D eigenvalue weighted by Crippen LogP contribution is -2.19. The van der Waals surface area contributed by atoms with E-state index in [4.69, 9.17) is 0 Å². The summed E-state index contributed by atoms with van der Waals surface area (Å²) >= 11 is 0. The van der Waals surface area contributed by atoms with Crippen molar-refractivity contribution in [2.24, 2.45) is 0 Å². The lowest BCUT2D eigenvalue weighted by Gasteiger charge is -2.11. The second kappa shape index (κ2) is 8.05. The Hall–Kier alpha value is -3.95. The van der Waals surface area contributed by atoms with E-state index >= 15 is 0 Å². The maximum absolute atomic E-state index is 12.8. The molecule has 3 aromatic heterocycles. The summed E-state index contributed by atoms with van der Waals surface area (Å²) in [6.45, 7) is 7.82. The third-order valence-corrected chi connectivity index (χ3v) is 4.84. The first-order valence-electron chi connectivity index (χ1n) is 10.0. The fourth-order valence-corrected chi connectivity index (χ4v) is 3.36. The van der Waals surface area contributed by atoms with E-state index in [-0.39, 0.29) is 23.9 Å². The van der Waals surface area contributed by atoms with Gasteiger partial charge in [0.1, 0.15) is 11.4 Å². The molecule has 3 N–H and O–H groups in total. The molecule has 0 fully saturated rings. The largest absolute Gasteiger partial charge is 0.321 e. The Bertz CT molecular complexity index is 1250. The molecule has 4 aromatic rings. The highest BCUT2D eigenvalue weighted by Gasteiger charge is 2.18. The number of carbonyl (C=O) groups is 2. The van der Waals surface area contributed by atoms with Crippen LogP contribution in [0.25, 0.3) is 10.9 Å². The van der Waals surface area contributed by atoms with E-state index in [0.717, 1.165) is 5.52 Å². The van der Waals surface area contributed by atoms with Gasteiger partial charge in [-0.2, -0.15) is 15.3 Å². The Balaban J connectivity index is 1.58. The number of H-pyrrole nitrogens is 1. The summed E-state index contributed by atoms with van der Waals surface area (Å²) in [7, 11) is 0. The van der Waals surface area contributed by atoms with Crippen molar-refractivity contribution in [3.63, 3.8) is 0 Å². The number of nitrogens with zero attached hydrogens (tertiary/aromatic N) is 5. The molecule has 0 radical (unpaired) electrons. The predicted molar refractivity (Wildman–Crippen MR) is 117 cm³/mol. The Labute approximate surface area is 178 Å². The molecule has 0 aliphatic carbocycles. The van der Waals surface area contributed by atoms with Gasteiger partial charge in [0.05, 0.1) is 5.52 Å². The number of aromatic nitrogens is 6. The average molecular weight is 420 g/mol. The quantitative estimate of drug-likeness (QED) is 0.440. The van der Waals surface area contributed by atoms with Crippen LogP contribution in [0, 0.1) is 0 Å². The van der Waals surface area contributed by atoms with Crippen LogP contribution in [0.1, 0.15) is 60.8 Å². The lowest BCUT2D eigenvalue weighted by molar-refractivity contribution is 0.100. The summed E-state index contributed by atoms with van der Waals surface area (Å²) in [6.07, 6.45) is 3.19. The molecule has 10 heteroatoms. The molecule has 2 amide bonds. The molecule has 3 heterocycles. The molecular formula is C21H24N8O2. The van der Waals surface area contributed by atoms with Crippen LogP contribution in [-0.4, -0.2) is 41.6 Å². The van der Waals surface area contributed by atoms with Gasteiger partial charge in [-0.1, -0.05) is 0 Å². The molecule has 0 spiro atoms. The average Bonchev–Trinajstić information content (AvgIpc) is 3.47. The van der Waals surface area contributed by atoms with Gasteiger partial charge in [0, 0.05) is 35.6 Å². The first-order chi connectivity index (χ1) is 14.8. The van der Waals surface area contributed by atoms with Gasteiger partial charge < -0.3 is 10.6 Å². The SMILES string of the molecule is CC(C)n1nccc1C(=O)Nc1ccc2[nH]nc(NC(=O)c3ccnn3C(C)C)c2c1. The predicted octanol–water partition coefficient (Wildman–Crippen LogP) is 3.62. The van der Waals surface area contributed by atoms with Gasteiger partial charge in [0.25, 0.3) is 11.8 Å². The van der Waals surface area contributed by atoms with Gasteiger partial charge in [-0.05, 0) is 58.0 Å².